The second kappa shape index (κ2) is 8.15. The van der Waals surface area contributed by atoms with Gasteiger partial charge < -0.3 is 10.1 Å². The number of hydrogen-bond acceptors (Lipinski definition) is 7. The highest BCUT2D eigenvalue weighted by Gasteiger charge is 2.14. The van der Waals surface area contributed by atoms with Gasteiger partial charge in [-0.2, -0.15) is 0 Å². The molecule has 1 aromatic carbocycles. The number of aromatic nitrogens is 1. The molecule has 1 aliphatic heterocycles. The van der Waals surface area contributed by atoms with Crippen LogP contribution in [0.5, 0.6) is 0 Å². The lowest BCUT2D eigenvalue weighted by atomic mass is 10.2. The molecular formula is C16H18N4O4S. The lowest BCUT2D eigenvalue weighted by Gasteiger charge is -2.26. The van der Waals surface area contributed by atoms with Crippen LogP contribution in [-0.4, -0.2) is 60.1 Å². The maximum Gasteiger partial charge on any atom is 0.269 e. The number of nitrogens with one attached hydrogen (secondary N) is 1. The van der Waals surface area contributed by atoms with E-state index >= 15 is 0 Å². The zero-order chi connectivity index (χ0) is 17.6. The largest absolute Gasteiger partial charge is 0.379 e. The number of morpholine rings is 1. The monoisotopic (exact) mass is 362 g/mol. The second-order valence-electron chi connectivity index (χ2n) is 5.54. The van der Waals surface area contributed by atoms with Crippen molar-refractivity contribution in [3.05, 3.63) is 45.5 Å². The van der Waals surface area contributed by atoms with Crippen LogP contribution >= 0.6 is 11.3 Å². The predicted molar refractivity (Wildman–Crippen MR) is 93.8 cm³/mol. The molecule has 25 heavy (non-hydrogen) atoms. The van der Waals surface area contributed by atoms with Crippen LogP contribution in [0.3, 0.4) is 0 Å². The van der Waals surface area contributed by atoms with Crippen molar-refractivity contribution in [2.75, 3.05) is 39.4 Å². The Bertz CT molecular complexity index is 741. The van der Waals surface area contributed by atoms with Gasteiger partial charge in [-0.1, -0.05) is 0 Å². The minimum Gasteiger partial charge on any atom is -0.379 e. The van der Waals surface area contributed by atoms with E-state index in [1.807, 2.05) is 0 Å². The summed E-state index contributed by atoms with van der Waals surface area (Å²) in [7, 11) is 0. The molecule has 0 bridgehead atoms. The molecule has 9 heteroatoms. The number of ether oxygens (including phenoxy) is 1. The summed E-state index contributed by atoms with van der Waals surface area (Å²) in [6, 6.07) is 6.13. The third-order valence-electron chi connectivity index (χ3n) is 3.87. The number of thiazole rings is 1. The van der Waals surface area contributed by atoms with Crippen LogP contribution in [0.4, 0.5) is 5.69 Å². The first-order valence-electron chi connectivity index (χ1n) is 7.92. The first-order valence-corrected chi connectivity index (χ1v) is 8.74. The summed E-state index contributed by atoms with van der Waals surface area (Å²) in [4.78, 5) is 29.5. The minimum atomic E-state index is -0.445. The number of non-ortho nitro benzene ring substituents is 1. The standard InChI is InChI=1S/C16H18N4O4S/c21-15(17-5-6-19-7-9-24-10-8-19)14-11-18-16(25-14)12-1-3-13(4-2-12)20(22)23/h1-4,11H,5-10H2,(H,17,21). The van der Waals surface area contributed by atoms with Crippen molar-refractivity contribution < 1.29 is 14.5 Å². The Labute approximate surface area is 148 Å². The van der Waals surface area contributed by atoms with Crippen molar-refractivity contribution in [3.8, 4) is 10.6 Å². The van der Waals surface area contributed by atoms with Crippen molar-refractivity contribution in [2.24, 2.45) is 0 Å². The Morgan fingerprint density at radius 3 is 2.72 bits per heavy atom. The van der Waals surface area contributed by atoms with Gasteiger partial charge in [-0.05, 0) is 12.1 Å². The Hall–Kier alpha value is -2.36. The Kier molecular flexibility index (Phi) is 5.69. The van der Waals surface area contributed by atoms with E-state index in [1.165, 1.54) is 29.7 Å². The van der Waals surface area contributed by atoms with Crippen LogP contribution < -0.4 is 5.32 Å². The quantitative estimate of drug-likeness (QED) is 0.621. The molecule has 3 rings (SSSR count). The second-order valence-corrected chi connectivity index (χ2v) is 6.57. The number of rotatable bonds is 6. The van der Waals surface area contributed by atoms with E-state index in [9.17, 15) is 14.9 Å². The van der Waals surface area contributed by atoms with Crippen molar-refractivity contribution in [1.82, 2.24) is 15.2 Å². The van der Waals surface area contributed by atoms with Crippen molar-refractivity contribution in [1.29, 1.82) is 0 Å². The summed E-state index contributed by atoms with van der Waals surface area (Å²) in [6.07, 6.45) is 1.53. The van der Waals surface area contributed by atoms with Crippen LogP contribution in [0.15, 0.2) is 30.5 Å². The summed E-state index contributed by atoms with van der Waals surface area (Å²) in [5.41, 5.74) is 0.782. The number of carbonyl (C=O) groups excluding carboxylic acids is 1. The Balaban J connectivity index is 1.54. The molecule has 2 aromatic rings. The summed E-state index contributed by atoms with van der Waals surface area (Å²) in [5, 5.41) is 14.2. The third-order valence-corrected chi connectivity index (χ3v) is 4.92. The van der Waals surface area contributed by atoms with E-state index in [0.29, 0.717) is 16.4 Å². The molecule has 0 spiro atoms. The average molecular weight is 362 g/mol. The smallest absolute Gasteiger partial charge is 0.269 e. The average Bonchev–Trinajstić information content (AvgIpc) is 3.13. The number of hydrogen-bond donors (Lipinski definition) is 1. The predicted octanol–water partition coefficient (Wildman–Crippen LogP) is 1.78. The minimum absolute atomic E-state index is 0.0291. The molecule has 1 fully saturated rings. The highest BCUT2D eigenvalue weighted by atomic mass is 32.1. The van der Waals surface area contributed by atoms with E-state index in [4.69, 9.17) is 4.74 Å². The molecule has 1 N–H and O–H groups in total. The van der Waals surface area contributed by atoms with Gasteiger partial charge in [0.05, 0.1) is 24.3 Å². The highest BCUT2D eigenvalue weighted by Crippen LogP contribution is 2.26. The fraction of sp³-hybridized carbons (Fsp3) is 0.375. The van der Waals surface area contributed by atoms with Gasteiger partial charge in [0.2, 0.25) is 0 Å². The molecule has 2 heterocycles. The van der Waals surface area contributed by atoms with E-state index in [0.717, 1.165) is 38.4 Å². The van der Waals surface area contributed by atoms with Crippen LogP contribution in [0.2, 0.25) is 0 Å². The molecule has 0 saturated carbocycles. The normalized spacial score (nSPS) is 15.0. The summed E-state index contributed by atoms with van der Waals surface area (Å²) in [5.74, 6) is -0.154. The number of carbonyl (C=O) groups is 1. The molecule has 0 atom stereocenters. The first kappa shape index (κ1) is 17.5. The SMILES string of the molecule is O=C(NCCN1CCOCC1)c1cnc(-c2ccc([N+](=O)[O-])cc2)s1. The van der Waals surface area contributed by atoms with Gasteiger partial charge in [0.25, 0.3) is 11.6 Å². The molecular weight excluding hydrogens is 344 g/mol. The number of benzene rings is 1. The number of nitro benzene ring substituents is 1. The molecule has 132 valence electrons. The van der Waals surface area contributed by atoms with Crippen molar-refractivity contribution in [3.63, 3.8) is 0 Å². The number of nitrogens with zero attached hydrogens (tertiary/aromatic N) is 3. The van der Waals surface area contributed by atoms with Crippen LogP contribution in [0.1, 0.15) is 9.67 Å². The van der Waals surface area contributed by atoms with Crippen LogP contribution in [0.25, 0.3) is 10.6 Å². The van der Waals surface area contributed by atoms with Gasteiger partial charge in [0, 0.05) is 43.9 Å². The first-order chi connectivity index (χ1) is 12.1. The summed E-state index contributed by atoms with van der Waals surface area (Å²) < 4.78 is 5.29. The van der Waals surface area contributed by atoms with Gasteiger partial charge >= 0.3 is 0 Å². The Morgan fingerprint density at radius 2 is 2.04 bits per heavy atom. The lowest BCUT2D eigenvalue weighted by molar-refractivity contribution is -0.384. The van der Waals surface area contributed by atoms with Gasteiger partial charge in [-0.25, -0.2) is 4.98 Å². The maximum absolute atomic E-state index is 12.2. The molecule has 0 unspecified atom stereocenters. The van der Waals surface area contributed by atoms with Gasteiger partial charge in [-0.3, -0.25) is 19.8 Å². The van der Waals surface area contributed by atoms with Gasteiger partial charge in [-0.15, -0.1) is 11.3 Å². The van der Waals surface area contributed by atoms with Crippen molar-refractivity contribution >= 4 is 22.9 Å². The number of amides is 1. The molecule has 1 aromatic heterocycles. The van der Waals surface area contributed by atoms with Crippen molar-refractivity contribution in [2.45, 2.75) is 0 Å². The molecule has 0 aliphatic carbocycles. The highest BCUT2D eigenvalue weighted by molar-refractivity contribution is 7.16. The molecule has 8 nitrogen and oxygen atoms in total. The van der Waals surface area contributed by atoms with Gasteiger partial charge in [0.15, 0.2) is 0 Å². The van der Waals surface area contributed by atoms with Gasteiger partial charge in [0.1, 0.15) is 9.88 Å². The van der Waals surface area contributed by atoms with Crippen LogP contribution in [-0.2, 0) is 4.74 Å². The molecule has 1 amide bonds. The summed E-state index contributed by atoms with van der Waals surface area (Å²) >= 11 is 1.27. The fourth-order valence-electron chi connectivity index (χ4n) is 2.48. The zero-order valence-corrected chi connectivity index (χ0v) is 14.3. The van der Waals surface area contributed by atoms with E-state index in [1.54, 1.807) is 12.1 Å². The third kappa shape index (κ3) is 4.59. The molecule has 0 radical (unpaired) electrons. The molecule has 1 saturated heterocycles. The lowest BCUT2D eigenvalue weighted by Crippen LogP contribution is -2.41. The van der Waals surface area contributed by atoms with E-state index < -0.39 is 4.92 Å². The summed E-state index contributed by atoms with van der Waals surface area (Å²) in [6.45, 7) is 4.62. The van der Waals surface area contributed by atoms with E-state index in [-0.39, 0.29) is 11.6 Å². The van der Waals surface area contributed by atoms with Crippen LogP contribution in [0, 0.1) is 10.1 Å². The Morgan fingerprint density at radius 1 is 1.32 bits per heavy atom. The zero-order valence-electron chi connectivity index (χ0n) is 13.5. The maximum atomic E-state index is 12.2. The number of nitro groups is 1. The molecule has 1 aliphatic rings. The fourth-order valence-corrected chi connectivity index (χ4v) is 3.32. The topological polar surface area (TPSA) is 97.6 Å². The van der Waals surface area contributed by atoms with E-state index in [2.05, 4.69) is 15.2 Å².